The maximum Gasteiger partial charge on any atom is 0.324 e. The van der Waals surface area contributed by atoms with Gasteiger partial charge in [-0.15, -0.1) is 0 Å². The van der Waals surface area contributed by atoms with Crippen LogP contribution >= 0.6 is 11.6 Å². The molecular weight excluding hydrogens is 450 g/mol. The Morgan fingerprint density at radius 3 is 2.19 bits per heavy atom. The number of rotatable bonds is 9. The predicted octanol–water partition coefficient (Wildman–Crippen LogP) is 2.73. The van der Waals surface area contributed by atoms with Crippen LogP contribution in [0.3, 0.4) is 0 Å². The van der Waals surface area contributed by atoms with Gasteiger partial charge in [0, 0.05) is 22.8 Å². The molecule has 0 heterocycles. The van der Waals surface area contributed by atoms with Gasteiger partial charge in [-0.1, -0.05) is 25.4 Å². The Morgan fingerprint density at radius 1 is 1.10 bits per heavy atom. The van der Waals surface area contributed by atoms with Crippen LogP contribution in [-0.4, -0.2) is 37.9 Å². The Hall–Kier alpha value is -3.02. The van der Waals surface area contributed by atoms with Crippen LogP contribution in [0.5, 0.6) is 0 Å². The first-order chi connectivity index (χ1) is 14.5. The van der Waals surface area contributed by atoms with E-state index < -0.39 is 45.4 Å². The molecule has 0 aliphatic carbocycles. The fraction of sp³-hybridized carbons (Fsp3) is 0.263. The van der Waals surface area contributed by atoms with E-state index in [2.05, 4.69) is 10.0 Å². The van der Waals surface area contributed by atoms with Gasteiger partial charge in [-0.2, -0.15) is 4.72 Å². The lowest BCUT2D eigenvalue weighted by Gasteiger charge is -2.20. The number of esters is 1. The minimum atomic E-state index is -4.03. The van der Waals surface area contributed by atoms with Gasteiger partial charge >= 0.3 is 5.97 Å². The largest absolute Gasteiger partial charge is 0.454 e. The lowest BCUT2D eigenvalue weighted by Crippen LogP contribution is -2.45. The number of amides is 1. The van der Waals surface area contributed by atoms with Gasteiger partial charge in [0.25, 0.3) is 11.6 Å². The van der Waals surface area contributed by atoms with Crippen molar-refractivity contribution in [2.24, 2.45) is 5.92 Å². The molecule has 2 N–H and O–H groups in total. The van der Waals surface area contributed by atoms with E-state index in [0.717, 1.165) is 0 Å². The first kappa shape index (κ1) is 24.3. The predicted molar refractivity (Wildman–Crippen MR) is 113 cm³/mol. The normalized spacial score (nSPS) is 12.3. The third-order valence-corrected chi connectivity index (χ3v) is 5.74. The van der Waals surface area contributed by atoms with Crippen molar-refractivity contribution >= 4 is 44.9 Å². The van der Waals surface area contributed by atoms with Crippen molar-refractivity contribution in [3.63, 3.8) is 0 Å². The molecule has 0 aliphatic rings. The average molecular weight is 470 g/mol. The zero-order chi connectivity index (χ0) is 23.2. The summed E-state index contributed by atoms with van der Waals surface area (Å²) in [4.78, 5) is 34.4. The third kappa shape index (κ3) is 7.02. The molecule has 2 aromatic carbocycles. The Labute approximate surface area is 183 Å². The van der Waals surface area contributed by atoms with Gasteiger partial charge in [0.2, 0.25) is 10.0 Å². The molecule has 0 aliphatic heterocycles. The number of carbonyl (C=O) groups excluding carboxylic acids is 2. The summed E-state index contributed by atoms with van der Waals surface area (Å²) in [6.07, 6.45) is 0. The number of nitrogens with one attached hydrogen (secondary N) is 2. The lowest BCUT2D eigenvalue weighted by molar-refractivity contribution is -0.384. The Kier molecular flexibility index (Phi) is 8.08. The van der Waals surface area contributed by atoms with E-state index in [9.17, 15) is 28.1 Å². The fourth-order valence-electron chi connectivity index (χ4n) is 2.40. The van der Waals surface area contributed by atoms with E-state index in [1.807, 2.05) is 0 Å². The van der Waals surface area contributed by atoms with Crippen molar-refractivity contribution in [3.05, 3.63) is 63.7 Å². The summed E-state index contributed by atoms with van der Waals surface area (Å²) in [6, 6.07) is 9.25. The number of nitro groups is 1. The number of anilines is 1. The number of nitrogens with zero attached hydrogens (tertiary/aromatic N) is 1. The maximum absolute atomic E-state index is 12.5. The summed E-state index contributed by atoms with van der Waals surface area (Å²) in [5, 5.41) is 13.4. The van der Waals surface area contributed by atoms with Gasteiger partial charge in [0.15, 0.2) is 6.61 Å². The number of nitro benzene ring substituents is 1. The quantitative estimate of drug-likeness (QED) is 0.326. The number of halogens is 1. The van der Waals surface area contributed by atoms with Gasteiger partial charge in [0.1, 0.15) is 6.04 Å². The summed E-state index contributed by atoms with van der Waals surface area (Å²) < 4.78 is 32.3. The molecule has 166 valence electrons. The number of carbonyl (C=O) groups is 2. The van der Waals surface area contributed by atoms with Crippen molar-refractivity contribution in [2.75, 3.05) is 11.9 Å². The number of ether oxygens (including phenoxy) is 1. The van der Waals surface area contributed by atoms with Crippen molar-refractivity contribution in [3.8, 4) is 0 Å². The van der Waals surface area contributed by atoms with E-state index in [-0.39, 0.29) is 16.3 Å². The van der Waals surface area contributed by atoms with Crippen LogP contribution < -0.4 is 10.0 Å². The minimum Gasteiger partial charge on any atom is -0.454 e. The molecule has 2 aromatic rings. The van der Waals surface area contributed by atoms with Crippen LogP contribution in [0.4, 0.5) is 11.4 Å². The van der Waals surface area contributed by atoms with E-state index in [1.54, 1.807) is 13.8 Å². The molecule has 12 heteroatoms. The number of hydrogen-bond donors (Lipinski definition) is 2. The van der Waals surface area contributed by atoms with E-state index in [1.165, 1.54) is 48.5 Å². The molecule has 0 saturated carbocycles. The van der Waals surface area contributed by atoms with Crippen molar-refractivity contribution in [1.29, 1.82) is 0 Å². The molecule has 0 spiro atoms. The number of sulfonamides is 1. The van der Waals surface area contributed by atoms with Crippen molar-refractivity contribution in [2.45, 2.75) is 24.8 Å². The topological polar surface area (TPSA) is 145 Å². The van der Waals surface area contributed by atoms with Crippen LogP contribution in [0, 0.1) is 16.0 Å². The third-order valence-electron chi connectivity index (χ3n) is 4.03. The van der Waals surface area contributed by atoms with Crippen molar-refractivity contribution in [1.82, 2.24) is 4.72 Å². The molecule has 0 unspecified atom stereocenters. The van der Waals surface area contributed by atoms with E-state index in [4.69, 9.17) is 16.3 Å². The highest BCUT2D eigenvalue weighted by atomic mass is 35.5. The van der Waals surface area contributed by atoms with Gasteiger partial charge in [-0.05, 0) is 42.3 Å². The summed E-state index contributed by atoms with van der Waals surface area (Å²) >= 11 is 5.76. The van der Waals surface area contributed by atoms with Crippen LogP contribution in [0.2, 0.25) is 5.02 Å². The molecular formula is C19H20ClN3O7S. The monoisotopic (exact) mass is 469 g/mol. The first-order valence-electron chi connectivity index (χ1n) is 8.98. The molecule has 0 aromatic heterocycles. The zero-order valence-corrected chi connectivity index (χ0v) is 18.1. The average Bonchev–Trinajstić information content (AvgIpc) is 2.71. The molecule has 0 saturated heterocycles. The summed E-state index contributed by atoms with van der Waals surface area (Å²) in [6.45, 7) is 2.57. The first-order valence-corrected chi connectivity index (χ1v) is 10.8. The summed E-state index contributed by atoms with van der Waals surface area (Å²) in [5.41, 5.74) is 0.132. The SMILES string of the molecule is CC(C)[C@@H](NS(=O)(=O)c1ccc(Cl)cc1)C(=O)OCC(=O)Nc1ccc([N+](=O)[O-])cc1. The van der Waals surface area contributed by atoms with E-state index >= 15 is 0 Å². The van der Waals surface area contributed by atoms with Crippen LogP contribution in [0.15, 0.2) is 53.4 Å². The molecule has 0 bridgehead atoms. The summed E-state index contributed by atoms with van der Waals surface area (Å²) in [5.74, 6) is -2.08. The molecule has 31 heavy (non-hydrogen) atoms. The number of benzene rings is 2. The smallest absolute Gasteiger partial charge is 0.324 e. The number of hydrogen-bond acceptors (Lipinski definition) is 7. The molecule has 10 nitrogen and oxygen atoms in total. The Balaban J connectivity index is 1.98. The molecule has 0 radical (unpaired) electrons. The maximum atomic E-state index is 12.5. The molecule has 1 amide bonds. The van der Waals surface area contributed by atoms with Crippen molar-refractivity contribution < 1.29 is 27.7 Å². The number of non-ortho nitro benzene ring substituents is 1. The molecule has 1 atom stereocenters. The van der Waals surface area contributed by atoms with Gasteiger partial charge in [0.05, 0.1) is 9.82 Å². The highest BCUT2D eigenvalue weighted by molar-refractivity contribution is 7.89. The van der Waals surface area contributed by atoms with Crippen LogP contribution in [0.25, 0.3) is 0 Å². The second kappa shape index (κ2) is 10.3. The van der Waals surface area contributed by atoms with Gasteiger partial charge in [-0.3, -0.25) is 19.7 Å². The van der Waals surface area contributed by atoms with Crippen LogP contribution in [0.1, 0.15) is 13.8 Å². The fourth-order valence-corrected chi connectivity index (χ4v) is 3.85. The standard InChI is InChI=1S/C19H20ClN3O7S/c1-12(2)18(22-31(28,29)16-9-3-13(20)4-10-16)19(25)30-11-17(24)21-14-5-7-15(8-6-14)23(26)27/h3-10,12,18,22H,11H2,1-2H3,(H,21,24)/t18-/m1/s1. The Bertz CT molecular complexity index is 1050. The minimum absolute atomic E-state index is 0.0775. The summed E-state index contributed by atoms with van der Waals surface area (Å²) in [7, 11) is -4.03. The molecule has 2 rings (SSSR count). The van der Waals surface area contributed by atoms with Crippen LogP contribution in [-0.2, 0) is 24.3 Å². The Morgan fingerprint density at radius 2 is 1.68 bits per heavy atom. The highest BCUT2D eigenvalue weighted by Crippen LogP contribution is 2.17. The molecule has 0 fully saturated rings. The lowest BCUT2D eigenvalue weighted by atomic mass is 10.1. The van der Waals surface area contributed by atoms with Gasteiger partial charge in [-0.25, -0.2) is 8.42 Å². The second-order valence-electron chi connectivity index (χ2n) is 6.76. The second-order valence-corrected chi connectivity index (χ2v) is 8.91. The highest BCUT2D eigenvalue weighted by Gasteiger charge is 2.30. The zero-order valence-electron chi connectivity index (χ0n) is 16.6. The van der Waals surface area contributed by atoms with Gasteiger partial charge < -0.3 is 10.1 Å². The van der Waals surface area contributed by atoms with E-state index in [0.29, 0.717) is 5.02 Å².